The number of carbonyl (C=O) groups excluding carboxylic acids is 1. The Morgan fingerprint density at radius 3 is 1.89 bits per heavy atom. The molecule has 0 saturated heterocycles. The molecule has 0 saturated carbocycles. The lowest BCUT2D eigenvalue weighted by Crippen LogP contribution is -2.06. The molecule has 0 bridgehead atoms. The molecule has 0 aliphatic heterocycles. The fourth-order valence-corrected chi connectivity index (χ4v) is 3.65. The summed E-state index contributed by atoms with van der Waals surface area (Å²) in [5.74, 6) is 0. The Morgan fingerprint density at radius 1 is 0.947 bits per heavy atom. The predicted molar refractivity (Wildman–Crippen MR) is 69.0 cm³/mol. The first-order valence-electron chi connectivity index (χ1n) is 5.82. The quantitative estimate of drug-likeness (QED) is 0.328. The van der Waals surface area contributed by atoms with Gasteiger partial charge < -0.3 is 9.05 Å². The van der Waals surface area contributed by atoms with E-state index in [1.807, 2.05) is 0 Å². The highest BCUT2D eigenvalue weighted by Crippen LogP contribution is 2.52. The summed E-state index contributed by atoms with van der Waals surface area (Å²) in [6.45, 7) is 5.17. The average Bonchev–Trinajstić information content (AvgIpc) is 2.29. The SMILES string of the molecule is CCOP(=O)(CCOP(=O)(N=C=O)OCC)OCC. The third-order valence-corrected chi connectivity index (χ3v) is 5.18. The lowest BCUT2D eigenvalue weighted by molar-refractivity contribution is 0.199. The third-order valence-electron chi connectivity index (χ3n) is 1.73. The van der Waals surface area contributed by atoms with E-state index in [2.05, 4.69) is 4.76 Å². The van der Waals surface area contributed by atoms with Gasteiger partial charge in [-0.3, -0.25) is 13.6 Å². The molecular weight excluding hydrogens is 296 g/mol. The fraction of sp³-hybridized carbons (Fsp3) is 0.889. The molecule has 0 N–H and O–H groups in total. The number of hydrogen-bond acceptors (Lipinski definition) is 7. The van der Waals surface area contributed by atoms with Gasteiger partial charge >= 0.3 is 15.3 Å². The number of isocyanates is 1. The zero-order valence-corrected chi connectivity index (χ0v) is 13.0. The first-order valence-corrected chi connectivity index (χ1v) is 9.04. The first-order chi connectivity index (χ1) is 8.95. The van der Waals surface area contributed by atoms with Gasteiger partial charge in [-0.15, -0.1) is 0 Å². The molecule has 19 heavy (non-hydrogen) atoms. The zero-order chi connectivity index (χ0) is 14.8. The van der Waals surface area contributed by atoms with Crippen LogP contribution in [0, 0.1) is 0 Å². The molecule has 0 aromatic carbocycles. The maximum atomic E-state index is 12.1. The molecule has 1 unspecified atom stereocenters. The van der Waals surface area contributed by atoms with Crippen molar-refractivity contribution in [2.24, 2.45) is 4.76 Å². The Hall–Kier alpha value is -0.320. The van der Waals surface area contributed by atoms with Gasteiger partial charge in [0.2, 0.25) is 6.08 Å². The molecular formula is C9H19NO7P2. The molecule has 112 valence electrons. The maximum Gasteiger partial charge on any atom is 0.464 e. The summed E-state index contributed by atoms with van der Waals surface area (Å²) >= 11 is 0. The summed E-state index contributed by atoms with van der Waals surface area (Å²) in [5.41, 5.74) is 0. The first kappa shape index (κ1) is 18.7. The van der Waals surface area contributed by atoms with E-state index in [-0.39, 0.29) is 32.6 Å². The summed E-state index contributed by atoms with van der Waals surface area (Å²) in [7, 11) is -7.16. The van der Waals surface area contributed by atoms with Gasteiger partial charge in [0.1, 0.15) is 0 Å². The van der Waals surface area contributed by atoms with E-state index in [0.29, 0.717) is 0 Å². The van der Waals surface area contributed by atoms with Crippen LogP contribution >= 0.6 is 15.3 Å². The van der Waals surface area contributed by atoms with Gasteiger partial charge in [0.25, 0.3) is 0 Å². The van der Waals surface area contributed by atoms with Crippen molar-refractivity contribution in [2.45, 2.75) is 20.8 Å². The van der Waals surface area contributed by atoms with Gasteiger partial charge in [0, 0.05) is 0 Å². The highest BCUT2D eigenvalue weighted by Gasteiger charge is 2.28. The summed E-state index contributed by atoms with van der Waals surface area (Å²) in [5, 5.41) is 0. The van der Waals surface area contributed by atoms with E-state index < -0.39 is 15.3 Å². The molecule has 0 aromatic heterocycles. The smallest absolute Gasteiger partial charge is 0.309 e. The van der Waals surface area contributed by atoms with Crippen molar-refractivity contribution in [3.05, 3.63) is 0 Å². The van der Waals surface area contributed by atoms with Crippen molar-refractivity contribution >= 4 is 21.4 Å². The van der Waals surface area contributed by atoms with E-state index in [1.54, 1.807) is 20.8 Å². The molecule has 0 rings (SSSR count). The van der Waals surface area contributed by atoms with Gasteiger partial charge in [-0.1, -0.05) is 4.76 Å². The molecule has 8 nitrogen and oxygen atoms in total. The average molecular weight is 315 g/mol. The normalized spacial score (nSPS) is 14.7. The van der Waals surface area contributed by atoms with Crippen LogP contribution < -0.4 is 0 Å². The summed E-state index contributed by atoms with van der Waals surface area (Å²) in [4.78, 5) is 10.1. The minimum absolute atomic E-state index is 0.0526. The number of nitrogens with zero attached hydrogens (tertiary/aromatic N) is 1. The van der Waals surface area contributed by atoms with Gasteiger partial charge in [-0.05, 0) is 20.8 Å². The number of rotatable bonds is 11. The van der Waals surface area contributed by atoms with Gasteiger partial charge in [-0.2, -0.15) is 0 Å². The highest BCUT2D eigenvalue weighted by atomic mass is 31.2. The van der Waals surface area contributed by atoms with Crippen molar-refractivity contribution in [1.82, 2.24) is 0 Å². The van der Waals surface area contributed by atoms with Crippen LogP contribution in [0.3, 0.4) is 0 Å². The van der Waals surface area contributed by atoms with Crippen LogP contribution in [0.1, 0.15) is 20.8 Å². The molecule has 0 aromatic rings. The van der Waals surface area contributed by atoms with E-state index in [1.165, 1.54) is 0 Å². The summed E-state index contributed by atoms with van der Waals surface area (Å²) in [6.07, 6.45) is 1.01. The van der Waals surface area contributed by atoms with Crippen LogP contribution in [0.2, 0.25) is 0 Å². The van der Waals surface area contributed by atoms with Crippen molar-refractivity contribution < 1.29 is 32.0 Å². The molecule has 10 heteroatoms. The molecule has 0 aliphatic rings. The molecule has 0 fully saturated rings. The van der Waals surface area contributed by atoms with Gasteiger partial charge in [-0.25, -0.2) is 9.36 Å². The lowest BCUT2D eigenvalue weighted by Gasteiger charge is -2.17. The minimum atomic E-state index is -3.87. The second kappa shape index (κ2) is 9.56. The Balaban J connectivity index is 4.49. The maximum absolute atomic E-state index is 12.1. The monoisotopic (exact) mass is 315 g/mol. The van der Waals surface area contributed by atoms with E-state index in [9.17, 15) is 13.9 Å². The third kappa shape index (κ3) is 7.75. The molecule has 0 heterocycles. The predicted octanol–water partition coefficient (Wildman–Crippen LogP) is 2.75. The van der Waals surface area contributed by atoms with E-state index >= 15 is 0 Å². The van der Waals surface area contributed by atoms with Crippen molar-refractivity contribution in [3.63, 3.8) is 0 Å². The largest absolute Gasteiger partial charge is 0.464 e. The van der Waals surface area contributed by atoms with E-state index in [0.717, 1.165) is 6.08 Å². The lowest BCUT2D eigenvalue weighted by atomic mass is 10.9. The van der Waals surface area contributed by atoms with Crippen LogP contribution in [0.15, 0.2) is 4.76 Å². The highest BCUT2D eigenvalue weighted by molar-refractivity contribution is 7.54. The van der Waals surface area contributed by atoms with Crippen molar-refractivity contribution in [3.8, 4) is 0 Å². The van der Waals surface area contributed by atoms with Crippen LogP contribution in [-0.4, -0.2) is 38.7 Å². The second-order valence-electron chi connectivity index (χ2n) is 3.08. The van der Waals surface area contributed by atoms with Crippen LogP contribution in [0.4, 0.5) is 0 Å². The topological polar surface area (TPSA) is 100 Å². The van der Waals surface area contributed by atoms with Crippen LogP contribution in [-0.2, 0) is 32.0 Å². The van der Waals surface area contributed by atoms with Crippen molar-refractivity contribution in [1.29, 1.82) is 0 Å². The standard InChI is InChI=1S/C9H19NO7P2/c1-4-14-18(12,15-5-2)8-7-17-19(13,10-9-11)16-6-3/h4-8H2,1-3H3. The Morgan fingerprint density at radius 2 is 1.47 bits per heavy atom. The summed E-state index contributed by atoms with van der Waals surface area (Å²) < 4.78 is 46.5. The van der Waals surface area contributed by atoms with Crippen LogP contribution in [0.25, 0.3) is 0 Å². The molecule has 0 aliphatic carbocycles. The van der Waals surface area contributed by atoms with Crippen LogP contribution in [0.5, 0.6) is 0 Å². The second-order valence-corrected chi connectivity index (χ2v) is 6.92. The summed E-state index contributed by atoms with van der Waals surface area (Å²) in [6, 6.07) is 0. The van der Waals surface area contributed by atoms with Crippen molar-refractivity contribution in [2.75, 3.05) is 32.6 Å². The zero-order valence-electron chi connectivity index (χ0n) is 11.2. The molecule has 0 radical (unpaired) electrons. The van der Waals surface area contributed by atoms with E-state index in [4.69, 9.17) is 18.1 Å². The number of hydrogen-bond donors (Lipinski definition) is 0. The minimum Gasteiger partial charge on any atom is -0.309 e. The Kier molecular flexibility index (Phi) is 9.40. The molecule has 1 atom stereocenters. The fourth-order valence-electron chi connectivity index (χ4n) is 1.14. The van der Waals surface area contributed by atoms with Gasteiger partial charge in [0.15, 0.2) is 0 Å². The Bertz CT molecular complexity index is 384. The molecule has 0 spiro atoms. The molecule has 0 amide bonds. The van der Waals surface area contributed by atoms with Gasteiger partial charge in [0.05, 0.1) is 32.6 Å². The Labute approximate surface area is 112 Å².